The van der Waals surface area contributed by atoms with Crippen molar-refractivity contribution in [1.29, 1.82) is 0 Å². The Morgan fingerprint density at radius 1 is 1.29 bits per heavy atom. The Bertz CT molecular complexity index is 1200. The van der Waals surface area contributed by atoms with Crippen LogP contribution in [-0.2, 0) is 11.8 Å². The highest BCUT2D eigenvalue weighted by molar-refractivity contribution is 8.00. The van der Waals surface area contributed by atoms with Crippen molar-refractivity contribution in [2.45, 2.75) is 17.3 Å². The van der Waals surface area contributed by atoms with Gasteiger partial charge in [0.15, 0.2) is 11.0 Å². The van der Waals surface area contributed by atoms with Crippen LogP contribution in [0.5, 0.6) is 0 Å². The predicted octanol–water partition coefficient (Wildman–Crippen LogP) is 3.76. The van der Waals surface area contributed by atoms with Crippen LogP contribution in [0.1, 0.15) is 16.6 Å². The van der Waals surface area contributed by atoms with Gasteiger partial charge in [-0.3, -0.25) is 14.2 Å². The molecule has 3 heterocycles. The minimum atomic E-state index is -0.618. The van der Waals surface area contributed by atoms with Gasteiger partial charge in [-0.05, 0) is 23.9 Å². The maximum Gasteiger partial charge on any atom is 0.271 e. The van der Waals surface area contributed by atoms with E-state index in [2.05, 4.69) is 15.5 Å². The molecule has 0 radical (unpaired) electrons. The molecule has 28 heavy (non-hydrogen) atoms. The molecule has 0 saturated carbocycles. The molecule has 4 rings (SSSR count). The second kappa shape index (κ2) is 7.61. The van der Waals surface area contributed by atoms with Gasteiger partial charge >= 0.3 is 0 Å². The van der Waals surface area contributed by atoms with Crippen molar-refractivity contribution in [1.82, 2.24) is 14.7 Å². The molecule has 1 unspecified atom stereocenters. The predicted molar refractivity (Wildman–Crippen MR) is 110 cm³/mol. The summed E-state index contributed by atoms with van der Waals surface area (Å²) in [6.45, 7) is 1.75. The summed E-state index contributed by atoms with van der Waals surface area (Å²) in [6.07, 6.45) is 0. The molecule has 1 atom stereocenters. The van der Waals surface area contributed by atoms with Gasteiger partial charge < -0.3 is 9.84 Å². The van der Waals surface area contributed by atoms with Crippen LogP contribution in [0.3, 0.4) is 0 Å². The van der Waals surface area contributed by atoms with Gasteiger partial charge in [-0.1, -0.05) is 47.3 Å². The number of carbonyl (C=O) groups excluding carboxylic acids is 1. The second-order valence-electron chi connectivity index (χ2n) is 6.11. The van der Waals surface area contributed by atoms with E-state index in [4.69, 9.17) is 4.52 Å². The lowest BCUT2D eigenvalue weighted by molar-refractivity contribution is -0.115. The Balaban J connectivity index is 1.71. The molecular weight excluding hydrogens is 396 g/mol. The smallest absolute Gasteiger partial charge is 0.271 e. The molecule has 0 aliphatic heterocycles. The second-order valence-corrected chi connectivity index (χ2v) is 8.10. The number of amides is 1. The van der Waals surface area contributed by atoms with Crippen molar-refractivity contribution < 1.29 is 9.32 Å². The fourth-order valence-corrected chi connectivity index (χ4v) is 4.56. The van der Waals surface area contributed by atoms with Crippen molar-refractivity contribution in [3.05, 3.63) is 69.5 Å². The van der Waals surface area contributed by atoms with E-state index in [0.29, 0.717) is 27.0 Å². The summed E-state index contributed by atoms with van der Waals surface area (Å²) in [5.74, 6) is 0.675. The van der Waals surface area contributed by atoms with Gasteiger partial charge in [-0.25, -0.2) is 4.98 Å². The number of carbonyl (C=O) groups is 1. The zero-order valence-electron chi connectivity index (χ0n) is 15.1. The first-order chi connectivity index (χ1) is 13.5. The summed E-state index contributed by atoms with van der Waals surface area (Å²) in [5.41, 5.74) is 1.31. The maximum absolute atomic E-state index is 13.0. The van der Waals surface area contributed by atoms with Gasteiger partial charge in [0.25, 0.3) is 5.56 Å². The third-order valence-electron chi connectivity index (χ3n) is 4.09. The first kappa shape index (κ1) is 18.5. The third-order valence-corrected chi connectivity index (χ3v) is 6.28. The van der Waals surface area contributed by atoms with E-state index in [1.165, 1.54) is 27.7 Å². The monoisotopic (exact) mass is 412 g/mol. The number of benzene rings is 1. The fourth-order valence-electron chi connectivity index (χ4n) is 2.70. The average molecular weight is 412 g/mol. The summed E-state index contributed by atoms with van der Waals surface area (Å²) in [6, 6.07) is 12.8. The Hall–Kier alpha value is -2.91. The van der Waals surface area contributed by atoms with Crippen molar-refractivity contribution in [2.24, 2.45) is 7.05 Å². The molecule has 0 spiro atoms. The third kappa shape index (κ3) is 3.58. The first-order valence-electron chi connectivity index (χ1n) is 8.43. The Kier molecular flexibility index (Phi) is 5.01. The summed E-state index contributed by atoms with van der Waals surface area (Å²) in [4.78, 5) is 30.2. The molecule has 1 N–H and O–H groups in total. The maximum atomic E-state index is 13.0. The highest BCUT2D eigenvalue weighted by Crippen LogP contribution is 2.35. The molecule has 7 nitrogen and oxygen atoms in total. The molecule has 0 aliphatic carbocycles. The van der Waals surface area contributed by atoms with Crippen LogP contribution in [0.4, 0.5) is 5.82 Å². The number of nitrogens with zero attached hydrogens (tertiary/aromatic N) is 3. The SMILES string of the molecule is Cc1cc(NC(=O)C(Sc2nc3ccsc3c(=O)n2C)c2ccccc2)no1. The van der Waals surface area contributed by atoms with Gasteiger partial charge in [0.05, 0.1) is 5.52 Å². The number of anilines is 1. The van der Waals surface area contributed by atoms with Crippen LogP contribution in [0.25, 0.3) is 10.2 Å². The molecule has 4 aromatic rings. The Morgan fingerprint density at radius 3 is 2.79 bits per heavy atom. The number of nitrogens with one attached hydrogen (secondary N) is 1. The van der Waals surface area contributed by atoms with E-state index in [1.807, 2.05) is 35.7 Å². The van der Waals surface area contributed by atoms with Crippen LogP contribution in [-0.4, -0.2) is 20.6 Å². The summed E-state index contributed by atoms with van der Waals surface area (Å²) >= 11 is 2.58. The van der Waals surface area contributed by atoms with Crippen LogP contribution < -0.4 is 10.9 Å². The zero-order valence-corrected chi connectivity index (χ0v) is 16.7. The topological polar surface area (TPSA) is 90.0 Å². The highest BCUT2D eigenvalue weighted by Gasteiger charge is 2.25. The van der Waals surface area contributed by atoms with E-state index >= 15 is 0 Å². The van der Waals surface area contributed by atoms with E-state index in [0.717, 1.165) is 5.56 Å². The number of thiophene rings is 1. The Labute approximate surface area is 168 Å². The van der Waals surface area contributed by atoms with Gasteiger partial charge in [-0.15, -0.1) is 11.3 Å². The molecular formula is C19H16N4O3S2. The van der Waals surface area contributed by atoms with Gasteiger partial charge in [-0.2, -0.15) is 0 Å². The average Bonchev–Trinajstić information content (AvgIpc) is 3.33. The van der Waals surface area contributed by atoms with Crippen molar-refractivity contribution >= 4 is 45.0 Å². The van der Waals surface area contributed by atoms with Crippen molar-refractivity contribution in [2.75, 3.05) is 5.32 Å². The fraction of sp³-hybridized carbons (Fsp3) is 0.158. The van der Waals surface area contributed by atoms with Crippen molar-refractivity contribution in [3.63, 3.8) is 0 Å². The number of hydrogen-bond donors (Lipinski definition) is 1. The van der Waals surface area contributed by atoms with Gasteiger partial charge in [0.2, 0.25) is 5.91 Å². The number of aryl methyl sites for hydroxylation is 1. The quantitative estimate of drug-likeness (QED) is 0.396. The number of rotatable bonds is 5. The first-order valence-corrected chi connectivity index (χ1v) is 10.2. The molecule has 0 saturated heterocycles. The summed E-state index contributed by atoms with van der Waals surface area (Å²) in [5, 5.41) is 8.27. The number of fused-ring (bicyclic) bond motifs is 1. The van der Waals surface area contributed by atoms with Crippen LogP contribution >= 0.6 is 23.1 Å². The molecule has 0 bridgehead atoms. The van der Waals surface area contributed by atoms with Crippen LogP contribution in [0.2, 0.25) is 0 Å². The van der Waals surface area contributed by atoms with Crippen LogP contribution in [0, 0.1) is 6.92 Å². The van der Waals surface area contributed by atoms with Crippen LogP contribution in [0.15, 0.2) is 62.3 Å². The molecule has 1 aromatic carbocycles. The summed E-state index contributed by atoms with van der Waals surface area (Å²) < 4.78 is 7.10. The lowest BCUT2D eigenvalue weighted by Gasteiger charge is -2.17. The standard InChI is InChI=1S/C19H16N4O3S2/c1-11-10-14(22-26-11)21-17(24)15(12-6-4-3-5-7-12)28-19-20-13-8-9-27-16(13)18(25)23(19)2/h3-10,15H,1-2H3,(H,21,22,24). The molecule has 142 valence electrons. The van der Waals surface area contributed by atoms with Crippen molar-refractivity contribution in [3.8, 4) is 0 Å². The molecule has 1 amide bonds. The minimum absolute atomic E-state index is 0.123. The van der Waals surface area contributed by atoms with E-state index in [9.17, 15) is 9.59 Å². The zero-order chi connectivity index (χ0) is 19.7. The minimum Gasteiger partial charge on any atom is -0.360 e. The Morgan fingerprint density at radius 2 is 2.07 bits per heavy atom. The molecule has 0 fully saturated rings. The number of thioether (sulfide) groups is 1. The van der Waals surface area contributed by atoms with Gasteiger partial charge in [0, 0.05) is 13.1 Å². The molecule has 9 heteroatoms. The van der Waals surface area contributed by atoms with Gasteiger partial charge in [0.1, 0.15) is 15.7 Å². The van der Waals surface area contributed by atoms with E-state index in [1.54, 1.807) is 26.1 Å². The highest BCUT2D eigenvalue weighted by atomic mass is 32.2. The lowest BCUT2D eigenvalue weighted by Crippen LogP contribution is -2.23. The largest absolute Gasteiger partial charge is 0.360 e. The molecule has 3 aromatic heterocycles. The van der Waals surface area contributed by atoms with E-state index < -0.39 is 5.25 Å². The normalized spacial score (nSPS) is 12.2. The number of hydrogen-bond acceptors (Lipinski definition) is 7. The lowest BCUT2D eigenvalue weighted by atomic mass is 10.1. The molecule has 0 aliphatic rings. The summed E-state index contributed by atoms with van der Waals surface area (Å²) in [7, 11) is 1.66. The number of aromatic nitrogens is 3. The van der Waals surface area contributed by atoms with E-state index in [-0.39, 0.29) is 11.5 Å².